The number of hydrogen-bond donors (Lipinski definition) is 2. The second-order valence-electron chi connectivity index (χ2n) is 3.45. The second-order valence-corrected chi connectivity index (χ2v) is 3.45. The van der Waals surface area contributed by atoms with Crippen LogP contribution >= 0.6 is 12.4 Å². The van der Waals surface area contributed by atoms with Crippen LogP contribution in [0, 0.1) is 0 Å². The van der Waals surface area contributed by atoms with Crippen LogP contribution in [-0.2, 0) is 4.79 Å². The SMILES string of the molecule is C=C(C)C(=O)NCC(C)(C)N.Cl. The lowest BCUT2D eigenvalue weighted by Crippen LogP contribution is -2.45. The first-order valence-electron chi connectivity index (χ1n) is 3.55. The number of nitrogens with one attached hydrogen (secondary N) is 1. The van der Waals surface area contributed by atoms with Gasteiger partial charge in [-0.15, -0.1) is 12.4 Å². The molecule has 0 spiro atoms. The van der Waals surface area contributed by atoms with E-state index in [1.165, 1.54) is 0 Å². The topological polar surface area (TPSA) is 55.1 Å². The van der Waals surface area contributed by atoms with Crippen molar-refractivity contribution in [3.63, 3.8) is 0 Å². The highest BCUT2D eigenvalue weighted by molar-refractivity contribution is 5.92. The van der Waals surface area contributed by atoms with Gasteiger partial charge in [0, 0.05) is 17.7 Å². The molecule has 0 radical (unpaired) electrons. The van der Waals surface area contributed by atoms with Gasteiger partial charge in [-0.2, -0.15) is 0 Å². The maximum atomic E-state index is 10.9. The van der Waals surface area contributed by atoms with Gasteiger partial charge in [0.25, 0.3) is 0 Å². The smallest absolute Gasteiger partial charge is 0.246 e. The number of carbonyl (C=O) groups is 1. The van der Waals surface area contributed by atoms with Gasteiger partial charge in [-0.1, -0.05) is 6.58 Å². The molecule has 0 saturated heterocycles. The van der Waals surface area contributed by atoms with Crippen LogP contribution in [-0.4, -0.2) is 18.0 Å². The van der Waals surface area contributed by atoms with Crippen LogP contribution in [0.3, 0.4) is 0 Å². The minimum absolute atomic E-state index is 0. The molecule has 0 atom stereocenters. The Kier molecular flexibility index (Phi) is 6.03. The van der Waals surface area contributed by atoms with Crippen molar-refractivity contribution in [2.24, 2.45) is 5.73 Å². The van der Waals surface area contributed by atoms with Crippen molar-refractivity contribution in [1.29, 1.82) is 0 Å². The van der Waals surface area contributed by atoms with Crippen molar-refractivity contribution in [1.82, 2.24) is 5.32 Å². The molecule has 0 aromatic heterocycles. The van der Waals surface area contributed by atoms with Crippen LogP contribution < -0.4 is 11.1 Å². The summed E-state index contributed by atoms with van der Waals surface area (Å²) in [6.45, 7) is 9.35. The molecule has 12 heavy (non-hydrogen) atoms. The molecule has 4 heteroatoms. The maximum Gasteiger partial charge on any atom is 0.246 e. The third-order valence-corrected chi connectivity index (χ3v) is 1.09. The Hall–Kier alpha value is -0.540. The van der Waals surface area contributed by atoms with Gasteiger partial charge in [0.1, 0.15) is 0 Å². The van der Waals surface area contributed by atoms with Crippen LogP contribution in [0.1, 0.15) is 20.8 Å². The second kappa shape index (κ2) is 5.17. The Morgan fingerprint density at radius 2 is 2.00 bits per heavy atom. The quantitative estimate of drug-likeness (QED) is 0.652. The molecule has 0 saturated carbocycles. The molecule has 0 rings (SSSR count). The molecular weight excluding hydrogens is 176 g/mol. The van der Waals surface area contributed by atoms with Crippen molar-refractivity contribution >= 4 is 18.3 Å². The lowest BCUT2D eigenvalue weighted by Gasteiger charge is -2.18. The first-order valence-corrected chi connectivity index (χ1v) is 3.55. The largest absolute Gasteiger partial charge is 0.351 e. The third kappa shape index (κ3) is 7.57. The van der Waals surface area contributed by atoms with Crippen molar-refractivity contribution in [2.45, 2.75) is 26.3 Å². The van der Waals surface area contributed by atoms with Gasteiger partial charge in [0.2, 0.25) is 5.91 Å². The average molecular weight is 193 g/mol. The molecule has 0 aromatic carbocycles. The van der Waals surface area contributed by atoms with E-state index in [0.29, 0.717) is 12.1 Å². The van der Waals surface area contributed by atoms with Crippen molar-refractivity contribution < 1.29 is 4.79 Å². The van der Waals surface area contributed by atoms with Gasteiger partial charge in [0.15, 0.2) is 0 Å². The number of amides is 1. The minimum Gasteiger partial charge on any atom is -0.351 e. The van der Waals surface area contributed by atoms with Crippen LogP contribution in [0.4, 0.5) is 0 Å². The summed E-state index contributed by atoms with van der Waals surface area (Å²) in [6, 6.07) is 0. The lowest BCUT2D eigenvalue weighted by molar-refractivity contribution is -0.117. The summed E-state index contributed by atoms with van der Waals surface area (Å²) in [5, 5.41) is 2.66. The van der Waals surface area contributed by atoms with Crippen LogP contribution in [0.15, 0.2) is 12.2 Å². The molecule has 0 aliphatic carbocycles. The molecule has 3 nitrogen and oxygen atoms in total. The highest BCUT2D eigenvalue weighted by Crippen LogP contribution is 1.94. The van der Waals surface area contributed by atoms with E-state index in [2.05, 4.69) is 11.9 Å². The van der Waals surface area contributed by atoms with Crippen molar-refractivity contribution in [3.8, 4) is 0 Å². The van der Waals surface area contributed by atoms with Crippen LogP contribution in [0.25, 0.3) is 0 Å². The predicted octanol–water partition coefficient (Wildman–Crippen LogP) is 0.838. The molecule has 0 heterocycles. The normalized spacial score (nSPS) is 10.0. The standard InChI is InChI=1S/C8H16N2O.ClH/c1-6(2)7(11)10-5-8(3,4)9;/h1,5,9H2,2-4H3,(H,10,11);1H. The zero-order valence-corrected chi connectivity index (χ0v) is 8.62. The molecule has 0 fully saturated rings. The Labute approximate surface area is 79.8 Å². The molecule has 0 aliphatic rings. The number of hydrogen-bond acceptors (Lipinski definition) is 2. The molecule has 3 N–H and O–H groups in total. The predicted molar refractivity (Wildman–Crippen MR) is 53.3 cm³/mol. The monoisotopic (exact) mass is 192 g/mol. The number of nitrogens with two attached hydrogens (primary N) is 1. The average Bonchev–Trinajstić information content (AvgIpc) is 1.80. The van der Waals surface area contributed by atoms with Crippen molar-refractivity contribution in [2.75, 3.05) is 6.54 Å². The maximum absolute atomic E-state index is 10.9. The fourth-order valence-corrected chi connectivity index (χ4v) is 0.459. The van der Waals surface area contributed by atoms with Gasteiger partial charge in [-0.3, -0.25) is 4.79 Å². The van der Waals surface area contributed by atoms with Crippen LogP contribution in [0.2, 0.25) is 0 Å². The highest BCUT2D eigenvalue weighted by atomic mass is 35.5. The first-order chi connectivity index (χ1) is 4.83. The van der Waals surface area contributed by atoms with E-state index in [9.17, 15) is 4.79 Å². The number of carbonyl (C=O) groups excluding carboxylic acids is 1. The van der Waals surface area contributed by atoms with Gasteiger partial charge in [-0.25, -0.2) is 0 Å². The van der Waals surface area contributed by atoms with E-state index in [1.54, 1.807) is 6.92 Å². The van der Waals surface area contributed by atoms with Gasteiger partial charge >= 0.3 is 0 Å². The molecular formula is C8H17ClN2O. The van der Waals surface area contributed by atoms with E-state index in [-0.39, 0.29) is 23.9 Å². The molecule has 1 amide bonds. The molecule has 0 aliphatic heterocycles. The number of rotatable bonds is 3. The van der Waals surface area contributed by atoms with Crippen LogP contribution in [0.5, 0.6) is 0 Å². The van der Waals surface area contributed by atoms with E-state index in [0.717, 1.165) is 0 Å². The van der Waals surface area contributed by atoms with Gasteiger partial charge in [-0.05, 0) is 20.8 Å². The Balaban J connectivity index is 0. The molecule has 0 aromatic rings. The summed E-state index contributed by atoms with van der Waals surface area (Å²) in [7, 11) is 0. The summed E-state index contributed by atoms with van der Waals surface area (Å²) < 4.78 is 0. The highest BCUT2D eigenvalue weighted by Gasteiger charge is 2.11. The zero-order chi connectivity index (χ0) is 9.07. The first kappa shape index (κ1) is 14.0. The summed E-state index contributed by atoms with van der Waals surface area (Å²) >= 11 is 0. The summed E-state index contributed by atoms with van der Waals surface area (Å²) in [4.78, 5) is 10.9. The minimum atomic E-state index is -0.356. The Bertz CT molecular complexity index is 172. The van der Waals surface area contributed by atoms with E-state index in [4.69, 9.17) is 5.73 Å². The van der Waals surface area contributed by atoms with Gasteiger partial charge < -0.3 is 11.1 Å². The van der Waals surface area contributed by atoms with Crippen molar-refractivity contribution in [3.05, 3.63) is 12.2 Å². The molecule has 72 valence electrons. The number of halogens is 1. The Morgan fingerprint density at radius 3 is 2.25 bits per heavy atom. The summed E-state index contributed by atoms with van der Waals surface area (Å²) in [5.74, 6) is -0.136. The zero-order valence-electron chi connectivity index (χ0n) is 7.81. The van der Waals surface area contributed by atoms with E-state index >= 15 is 0 Å². The third-order valence-electron chi connectivity index (χ3n) is 1.09. The Morgan fingerprint density at radius 1 is 1.58 bits per heavy atom. The summed E-state index contributed by atoms with van der Waals surface area (Å²) in [6.07, 6.45) is 0. The fourth-order valence-electron chi connectivity index (χ4n) is 0.459. The van der Waals surface area contributed by atoms with E-state index < -0.39 is 0 Å². The molecule has 0 unspecified atom stereocenters. The van der Waals surface area contributed by atoms with E-state index in [1.807, 2.05) is 13.8 Å². The lowest BCUT2D eigenvalue weighted by atomic mass is 10.1. The van der Waals surface area contributed by atoms with Gasteiger partial charge in [0.05, 0.1) is 0 Å². The summed E-state index contributed by atoms with van der Waals surface area (Å²) in [5.41, 5.74) is 5.79. The fraction of sp³-hybridized carbons (Fsp3) is 0.625. The molecule has 0 bridgehead atoms.